The fourth-order valence-corrected chi connectivity index (χ4v) is 2.59. The van der Waals surface area contributed by atoms with Gasteiger partial charge in [-0.2, -0.15) is 0 Å². The Morgan fingerprint density at radius 2 is 1.77 bits per heavy atom. The zero-order valence-corrected chi connectivity index (χ0v) is 13.1. The predicted octanol–water partition coefficient (Wildman–Crippen LogP) is 3.81. The Kier molecular flexibility index (Phi) is 3.92. The monoisotopic (exact) mass is 296 g/mol. The van der Waals surface area contributed by atoms with E-state index in [1.165, 1.54) is 10.9 Å². The second-order valence-electron chi connectivity index (χ2n) is 5.24. The van der Waals surface area contributed by atoms with Crippen molar-refractivity contribution in [2.45, 2.75) is 6.54 Å². The van der Waals surface area contributed by atoms with E-state index in [0.717, 1.165) is 29.3 Å². The van der Waals surface area contributed by atoms with Gasteiger partial charge in [-0.05, 0) is 42.0 Å². The Balaban J connectivity index is 1.75. The van der Waals surface area contributed by atoms with E-state index in [9.17, 15) is 0 Å². The molecule has 4 heteroatoms. The molecule has 0 aliphatic carbocycles. The molecule has 114 valence electrons. The fraction of sp³-hybridized carbons (Fsp3) is 0.222. The van der Waals surface area contributed by atoms with Crippen LogP contribution in [0.2, 0.25) is 0 Å². The average molecular weight is 296 g/mol. The Bertz CT molecular complexity index is 793. The highest BCUT2D eigenvalue weighted by atomic mass is 16.5. The molecule has 2 aromatic carbocycles. The summed E-state index contributed by atoms with van der Waals surface area (Å²) < 4.78 is 12.7. The molecule has 1 aromatic heterocycles. The molecule has 1 heterocycles. The number of ether oxygens (including phenoxy) is 2. The minimum absolute atomic E-state index is 0.735. The lowest BCUT2D eigenvalue weighted by Crippen LogP contribution is -2.00. The van der Waals surface area contributed by atoms with Crippen LogP contribution in [0.5, 0.6) is 11.5 Å². The number of benzene rings is 2. The summed E-state index contributed by atoms with van der Waals surface area (Å²) in [5.74, 6) is 1.50. The van der Waals surface area contributed by atoms with Crippen LogP contribution >= 0.6 is 0 Å². The average Bonchev–Trinajstić information content (AvgIpc) is 2.93. The van der Waals surface area contributed by atoms with Gasteiger partial charge in [0.2, 0.25) is 0 Å². The van der Waals surface area contributed by atoms with Gasteiger partial charge in [0.05, 0.1) is 14.2 Å². The lowest BCUT2D eigenvalue weighted by molar-refractivity contribution is 0.354. The minimum atomic E-state index is 0.735. The van der Waals surface area contributed by atoms with Crippen molar-refractivity contribution in [2.24, 2.45) is 7.05 Å². The molecular formula is C18H20N2O2. The van der Waals surface area contributed by atoms with Gasteiger partial charge in [-0.25, -0.2) is 0 Å². The van der Waals surface area contributed by atoms with Crippen LogP contribution in [0, 0.1) is 0 Å². The van der Waals surface area contributed by atoms with Crippen LogP contribution in [0.15, 0.2) is 48.7 Å². The van der Waals surface area contributed by atoms with Gasteiger partial charge >= 0.3 is 0 Å². The summed E-state index contributed by atoms with van der Waals surface area (Å²) >= 11 is 0. The summed E-state index contributed by atoms with van der Waals surface area (Å²) in [5, 5.41) is 4.68. The standard InChI is InChI=1S/C18H20N2O2/c1-20-9-8-14-11-15(5-6-16(14)20)19-12-13-4-7-17(21-2)18(10-13)22-3/h4-11,19H,12H2,1-3H3. The van der Waals surface area contributed by atoms with E-state index in [4.69, 9.17) is 9.47 Å². The van der Waals surface area contributed by atoms with Gasteiger partial charge in [-0.3, -0.25) is 0 Å². The normalized spacial score (nSPS) is 10.7. The van der Waals surface area contributed by atoms with E-state index < -0.39 is 0 Å². The molecule has 4 nitrogen and oxygen atoms in total. The van der Waals surface area contributed by atoms with Gasteiger partial charge in [0.25, 0.3) is 0 Å². The number of nitrogens with one attached hydrogen (secondary N) is 1. The summed E-state index contributed by atoms with van der Waals surface area (Å²) in [7, 11) is 5.35. The maximum atomic E-state index is 5.33. The summed E-state index contributed by atoms with van der Waals surface area (Å²) in [5.41, 5.74) is 3.48. The quantitative estimate of drug-likeness (QED) is 0.777. The first kappa shape index (κ1) is 14.3. The first-order chi connectivity index (χ1) is 10.7. The number of nitrogens with zero attached hydrogens (tertiary/aromatic N) is 1. The largest absolute Gasteiger partial charge is 0.493 e. The van der Waals surface area contributed by atoms with Gasteiger partial charge < -0.3 is 19.4 Å². The lowest BCUT2D eigenvalue weighted by atomic mass is 10.2. The van der Waals surface area contributed by atoms with Crippen LogP contribution < -0.4 is 14.8 Å². The third-order valence-electron chi connectivity index (χ3n) is 3.83. The predicted molar refractivity (Wildman–Crippen MR) is 89.8 cm³/mol. The number of anilines is 1. The van der Waals surface area contributed by atoms with Crippen molar-refractivity contribution in [3.63, 3.8) is 0 Å². The van der Waals surface area contributed by atoms with E-state index in [0.29, 0.717) is 0 Å². The molecule has 0 bridgehead atoms. The van der Waals surface area contributed by atoms with Gasteiger partial charge in [-0.1, -0.05) is 6.07 Å². The second kappa shape index (κ2) is 6.02. The Morgan fingerprint density at radius 1 is 0.955 bits per heavy atom. The third-order valence-corrected chi connectivity index (χ3v) is 3.83. The van der Waals surface area contributed by atoms with Crippen molar-refractivity contribution in [1.82, 2.24) is 4.57 Å². The molecular weight excluding hydrogens is 276 g/mol. The smallest absolute Gasteiger partial charge is 0.161 e. The van der Waals surface area contributed by atoms with Gasteiger partial charge in [0.15, 0.2) is 11.5 Å². The van der Waals surface area contributed by atoms with Crippen molar-refractivity contribution in [3.05, 3.63) is 54.2 Å². The van der Waals surface area contributed by atoms with E-state index >= 15 is 0 Å². The molecule has 22 heavy (non-hydrogen) atoms. The van der Waals surface area contributed by atoms with Crippen LogP contribution in [-0.2, 0) is 13.6 Å². The van der Waals surface area contributed by atoms with E-state index in [1.54, 1.807) is 14.2 Å². The minimum Gasteiger partial charge on any atom is -0.493 e. The number of hydrogen-bond donors (Lipinski definition) is 1. The zero-order valence-electron chi connectivity index (χ0n) is 13.1. The van der Waals surface area contributed by atoms with Crippen molar-refractivity contribution < 1.29 is 9.47 Å². The molecule has 0 aliphatic heterocycles. The van der Waals surface area contributed by atoms with Crippen LogP contribution in [-0.4, -0.2) is 18.8 Å². The van der Waals surface area contributed by atoms with E-state index in [2.05, 4.69) is 47.4 Å². The first-order valence-electron chi connectivity index (χ1n) is 7.21. The summed E-state index contributed by atoms with van der Waals surface area (Å²) in [6.45, 7) is 0.735. The highest BCUT2D eigenvalue weighted by molar-refractivity contribution is 5.83. The van der Waals surface area contributed by atoms with Crippen molar-refractivity contribution in [1.29, 1.82) is 0 Å². The molecule has 3 rings (SSSR count). The molecule has 0 aliphatic rings. The van der Waals surface area contributed by atoms with Crippen molar-refractivity contribution >= 4 is 16.6 Å². The molecule has 0 atom stereocenters. The summed E-state index contributed by atoms with van der Waals surface area (Å²) in [6, 6.07) is 14.5. The highest BCUT2D eigenvalue weighted by Crippen LogP contribution is 2.28. The van der Waals surface area contributed by atoms with Gasteiger partial charge in [0.1, 0.15) is 0 Å². The molecule has 0 amide bonds. The van der Waals surface area contributed by atoms with Crippen molar-refractivity contribution in [3.8, 4) is 11.5 Å². The molecule has 0 radical (unpaired) electrons. The van der Waals surface area contributed by atoms with Crippen LogP contribution in [0.3, 0.4) is 0 Å². The zero-order chi connectivity index (χ0) is 15.5. The number of fused-ring (bicyclic) bond motifs is 1. The maximum absolute atomic E-state index is 5.33. The maximum Gasteiger partial charge on any atom is 0.161 e. The summed E-state index contributed by atoms with van der Waals surface area (Å²) in [4.78, 5) is 0. The fourth-order valence-electron chi connectivity index (χ4n) is 2.59. The Hall–Kier alpha value is -2.62. The topological polar surface area (TPSA) is 35.4 Å². The second-order valence-corrected chi connectivity index (χ2v) is 5.24. The molecule has 3 aromatic rings. The number of aromatic nitrogens is 1. The molecule has 0 fully saturated rings. The highest BCUT2D eigenvalue weighted by Gasteiger charge is 2.05. The van der Waals surface area contributed by atoms with E-state index in [-0.39, 0.29) is 0 Å². The van der Waals surface area contributed by atoms with Crippen LogP contribution in [0.4, 0.5) is 5.69 Å². The summed E-state index contributed by atoms with van der Waals surface area (Å²) in [6.07, 6.45) is 2.07. The molecule has 0 saturated carbocycles. The lowest BCUT2D eigenvalue weighted by Gasteiger charge is -2.11. The molecule has 0 unspecified atom stereocenters. The van der Waals surface area contributed by atoms with Crippen LogP contribution in [0.1, 0.15) is 5.56 Å². The van der Waals surface area contributed by atoms with Crippen LogP contribution in [0.25, 0.3) is 10.9 Å². The molecule has 0 saturated heterocycles. The number of methoxy groups -OCH3 is 2. The Morgan fingerprint density at radius 3 is 2.55 bits per heavy atom. The molecule has 1 N–H and O–H groups in total. The van der Waals surface area contributed by atoms with E-state index in [1.807, 2.05) is 18.2 Å². The van der Waals surface area contributed by atoms with Crippen molar-refractivity contribution in [2.75, 3.05) is 19.5 Å². The van der Waals surface area contributed by atoms with Gasteiger partial charge in [-0.15, -0.1) is 0 Å². The SMILES string of the molecule is COc1ccc(CNc2ccc3c(ccn3C)c2)cc1OC. The number of aryl methyl sites for hydroxylation is 1. The third kappa shape index (κ3) is 2.72. The van der Waals surface area contributed by atoms with Gasteiger partial charge in [0, 0.05) is 36.4 Å². The Labute approximate surface area is 130 Å². The molecule has 0 spiro atoms. The first-order valence-corrected chi connectivity index (χ1v) is 7.21. The number of hydrogen-bond acceptors (Lipinski definition) is 3. The number of rotatable bonds is 5.